The Morgan fingerprint density at radius 3 is 2.86 bits per heavy atom. The van der Waals surface area contributed by atoms with Crippen molar-refractivity contribution >= 4 is 11.8 Å². The molecule has 0 bridgehead atoms. The van der Waals surface area contributed by atoms with Crippen molar-refractivity contribution in [3.8, 4) is 5.75 Å². The summed E-state index contributed by atoms with van der Waals surface area (Å²) in [7, 11) is 0. The van der Waals surface area contributed by atoms with Crippen molar-refractivity contribution in [1.82, 2.24) is 0 Å². The van der Waals surface area contributed by atoms with Crippen LogP contribution in [0.3, 0.4) is 0 Å². The first kappa shape index (κ1) is 21.5. The normalized spacial score (nSPS) is 11.6. The molecule has 1 aromatic heterocycles. The summed E-state index contributed by atoms with van der Waals surface area (Å²) in [6.45, 7) is 5.71. The summed E-state index contributed by atoms with van der Waals surface area (Å²) >= 11 is 0. The van der Waals surface area contributed by atoms with Gasteiger partial charge in [0.15, 0.2) is 0 Å². The average Bonchev–Trinajstić information content (AvgIpc) is 2.66. The Labute approximate surface area is 167 Å². The minimum absolute atomic E-state index is 0.141. The van der Waals surface area contributed by atoms with Crippen LogP contribution >= 0.6 is 0 Å². The molecule has 6 nitrogen and oxygen atoms in total. The molecule has 0 aliphatic heterocycles. The van der Waals surface area contributed by atoms with Crippen molar-refractivity contribution in [3.05, 3.63) is 54.2 Å². The number of anilines is 1. The standard InChI is InChI=1S/C22H30N2O4/c1-3-27-22(25)16-18(2)15-19-9-8-10-20(17-19)28-14-7-5-12-23-21-11-4-6-13-24(21)26/h4,6,8-11,13,17-18,26H,3,5,7,12,14-16H2,1-2H3/p+1. The fourth-order valence-electron chi connectivity index (χ4n) is 2.95. The quantitative estimate of drug-likeness (QED) is 0.252. The highest BCUT2D eigenvalue weighted by Crippen LogP contribution is 2.18. The van der Waals surface area contributed by atoms with Crippen molar-refractivity contribution in [2.75, 3.05) is 25.1 Å². The van der Waals surface area contributed by atoms with E-state index in [-0.39, 0.29) is 11.9 Å². The first-order valence-electron chi connectivity index (χ1n) is 9.89. The van der Waals surface area contributed by atoms with Crippen molar-refractivity contribution in [2.24, 2.45) is 5.92 Å². The first-order chi connectivity index (χ1) is 13.6. The fraction of sp³-hybridized carbons (Fsp3) is 0.455. The summed E-state index contributed by atoms with van der Waals surface area (Å²) < 4.78 is 11.9. The molecular weight excluding hydrogens is 356 g/mol. The Kier molecular flexibility index (Phi) is 9.11. The Morgan fingerprint density at radius 2 is 2.07 bits per heavy atom. The number of aromatic nitrogens is 1. The number of unbranched alkanes of at least 4 members (excludes halogenated alkanes) is 1. The van der Waals surface area contributed by atoms with Gasteiger partial charge in [-0.15, -0.1) is 0 Å². The zero-order chi connectivity index (χ0) is 20.2. The molecule has 0 aliphatic rings. The third-order valence-corrected chi connectivity index (χ3v) is 4.29. The number of nitrogens with zero attached hydrogens (tertiary/aromatic N) is 1. The molecule has 0 saturated heterocycles. The Hall–Kier alpha value is -2.76. The molecule has 2 N–H and O–H groups in total. The number of rotatable bonds is 12. The number of hydrogen-bond acceptors (Lipinski definition) is 5. The van der Waals surface area contributed by atoms with Crippen molar-refractivity contribution in [1.29, 1.82) is 0 Å². The second-order valence-corrected chi connectivity index (χ2v) is 6.88. The summed E-state index contributed by atoms with van der Waals surface area (Å²) in [5, 5.41) is 12.8. The number of benzene rings is 1. The topological polar surface area (TPSA) is 71.7 Å². The predicted molar refractivity (Wildman–Crippen MR) is 108 cm³/mol. The maximum absolute atomic E-state index is 11.6. The molecule has 6 heteroatoms. The highest BCUT2D eigenvalue weighted by Gasteiger charge is 2.11. The highest BCUT2D eigenvalue weighted by atomic mass is 16.5. The number of ether oxygens (including phenoxy) is 2. The molecule has 0 saturated carbocycles. The van der Waals surface area contributed by atoms with E-state index in [9.17, 15) is 10.0 Å². The van der Waals surface area contributed by atoms with Crippen LogP contribution in [0.5, 0.6) is 5.75 Å². The minimum atomic E-state index is -0.141. The third-order valence-electron chi connectivity index (χ3n) is 4.29. The van der Waals surface area contributed by atoms with Gasteiger partial charge in [0.2, 0.25) is 0 Å². The molecule has 0 amide bonds. The summed E-state index contributed by atoms with van der Waals surface area (Å²) in [6.07, 6.45) is 4.69. The van der Waals surface area contributed by atoms with Gasteiger partial charge in [-0.3, -0.25) is 10.1 Å². The van der Waals surface area contributed by atoms with Crippen molar-refractivity contribution in [3.63, 3.8) is 0 Å². The first-order valence-corrected chi connectivity index (χ1v) is 9.89. The van der Waals surface area contributed by atoms with Crippen LogP contribution in [-0.4, -0.2) is 30.9 Å². The van der Waals surface area contributed by atoms with E-state index in [0.29, 0.717) is 25.5 Å². The van der Waals surface area contributed by atoms with Crippen LogP contribution in [0.25, 0.3) is 0 Å². The number of esters is 1. The lowest BCUT2D eigenvalue weighted by Crippen LogP contribution is -2.33. The van der Waals surface area contributed by atoms with Gasteiger partial charge in [0.05, 0.1) is 19.8 Å². The van der Waals surface area contributed by atoms with E-state index in [0.717, 1.165) is 41.9 Å². The van der Waals surface area contributed by atoms with Gasteiger partial charge in [-0.1, -0.05) is 29.9 Å². The van der Waals surface area contributed by atoms with E-state index in [1.165, 1.54) is 0 Å². The van der Waals surface area contributed by atoms with Crippen molar-refractivity contribution < 1.29 is 24.2 Å². The molecule has 0 aliphatic carbocycles. The number of hydrogen-bond donors (Lipinski definition) is 2. The second-order valence-electron chi connectivity index (χ2n) is 6.88. The van der Waals surface area contributed by atoms with E-state index in [1.54, 1.807) is 12.3 Å². The summed E-state index contributed by atoms with van der Waals surface area (Å²) in [5.74, 6) is 1.61. The van der Waals surface area contributed by atoms with Crippen LogP contribution in [0.4, 0.5) is 5.82 Å². The molecule has 1 atom stereocenters. The molecule has 28 heavy (non-hydrogen) atoms. The Balaban J connectivity index is 1.67. The van der Waals surface area contributed by atoms with Gasteiger partial charge in [-0.2, -0.15) is 0 Å². The average molecular weight is 388 g/mol. The molecule has 0 radical (unpaired) electrons. The van der Waals surface area contributed by atoms with Gasteiger partial charge in [-0.25, -0.2) is 0 Å². The molecule has 1 heterocycles. The van der Waals surface area contributed by atoms with Crippen LogP contribution in [0.15, 0.2) is 48.7 Å². The minimum Gasteiger partial charge on any atom is -0.494 e. The fourth-order valence-corrected chi connectivity index (χ4v) is 2.95. The van der Waals surface area contributed by atoms with E-state index >= 15 is 0 Å². The van der Waals surface area contributed by atoms with Gasteiger partial charge < -0.3 is 14.7 Å². The highest BCUT2D eigenvalue weighted by molar-refractivity contribution is 5.69. The van der Waals surface area contributed by atoms with E-state index < -0.39 is 0 Å². The summed E-state index contributed by atoms with van der Waals surface area (Å²) in [5.41, 5.74) is 1.16. The van der Waals surface area contributed by atoms with Crippen LogP contribution < -0.4 is 14.8 Å². The maximum Gasteiger partial charge on any atom is 0.313 e. The molecule has 152 valence electrons. The Morgan fingerprint density at radius 1 is 1.21 bits per heavy atom. The largest absolute Gasteiger partial charge is 0.494 e. The van der Waals surface area contributed by atoms with E-state index in [2.05, 4.69) is 18.3 Å². The zero-order valence-electron chi connectivity index (χ0n) is 16.8. The number of carbonyl (C=O) groups is 1. The molecule has 0 spiro atoms. The van der Waals surface area contributed by atoms with Gasteiger partial charge in [-0.05, 0) is 55.9 Å². The SMILES string of the molecule is CCOC(=O)CC(C)Cc1cccc(OCCCCNc2cccc[n+]2O)c1. The van der Waals surface area contributed by atoms with Crippen molar-refractivity contribution in [2.45, 2.75) is 39.5 Å². The summed E-state index contributed by atoms with van der Waals surface area (Å²) in [6, 6.07) is 13.5. The number of pyridine rings is 1. The third kappa shape index (κ3) is 7.86. The predicted octanol–water partition coefficient (Wildman–Crippen LogP) is 3.61. The molecule has 2 rings (SSSR count). The monoisotopic (exact) mass is 387 g/mol. The number of nitrogens with one attached hydrogen (secondary N) is 1. The molecule has 0 fully saturated rings. The molecule has 2 aromatic rings. The van der Waals surface area contributed by atoms with E-state index in [1.807, 2.05) is 37.3 Å². The lowest BCUT2D eigenvalue weighted by atomic mass is 9.98. The second kappa shape index (κ2) is 11.8. The van der Waals surface area contributed by atoms with Gasteiger partial charge in [0, 0.05) is 12.5 Å². The molecular formula is C22H31N2O4+. The van der Waals surface area contributed by atoms with Crippen LogP contribution in [-0.2, 0) is 16.0 Å². The smallest absolute Gasteiger partial charge is 0.313 e. The van der Waals surface area contributed by atoms with E-state index in [4.69, 9.17) is 9.47 Å². The lowest BCUT2D eigenvalue weighted by Gasteiger charge is -2.12. The lowest BCUT2D eigenvalue weighted by molar-refractivity contribution is -0.893. The van der Waals surface area contributed by atoms with Crippen LogP contribution in [0.2, 0.25) is 0 Å². The van der Waals surface area contributed by atoms with Gasteiger partial charge >= 0.3 is 11.8 Å². The summed E-state index contributed by atoms with van der Waals surface area (Å²) in [4.78, 5) is 11.6. The maximum atomic E-state index is 11.6. The van der Waals surface area contributed by atoms with Gasteiger partial charge in [0.1, 0.15) is 11.9 Å². The Bertz CT molecular complexity index is 736. The van der Waals surface area contributed by atoms with Gasteiger partial charge in [0.25, 0.3) is 0 Å². The van der Waals surface area contributed by atoms with Crippen LogP contribution in [0, 0.1) is 5.92 Å². The molecule has 1 aromatic carbocycles. The zero-order valence-corrected chi connectivity index (χ0v) is 16.8. The molecule has 1 unspecified atom stereocenters. The van der Waals surface area contributed by atoms with Crippen LogP contribution in [0.1, 0.15) is 38.7 Å². The number of carbonyl (C=O) groups excluding carboxylic acids is 1.